The molecule has 0 aliphatic carbocycles. The van der Waals surface area contributed by atoms with Crippen LogP contribution in [0.2, 0.25) is 5.15 Å². The minimum atomic E-state index is -0.259. The summed E-state index contributed by atoms with van der Waals surface area (Å²) in [5, 5.41) is 0.464. The number of rotatable bonds is 1. The van der Waals surface area contributed by atoms with E-state index in [2.05, 4.69) is 4.98 Å². The minimum Gasteiger partial charge on any atom is -0.346 e. The van der Waals surface area contributed by atoms with Crippen LogP contribution in [0, 0.1) is 0 Å². The second-order valence-electron chi connectivity index (χ2n) is 2.49. The third kappa shape index (κ3) is 1.58. The molecule has 0 atom stereocenters. The number of pyridine rings is 1. The maximum absolute atomic E-state index is 5.70. The van der Waals surface area contributed by atoms with Crippen molar-refractivity contribution in [2.75, 3.05) is 13.2 Å². The minimum absolute atomic E-state index is 0.259. The fourth-order valence-corrected chi connectivity index (χ4v) is 1.30. The van der Waals surface area contributed by atoms with Gasteiger partial charge in [0.15, 0.2) is 6.29 Å². The van der Waals surface area contributed by atoms with Gasteiger partial charge in [0.1, 0.15) is 5.15 Å². The number of halogens is 1. The molecule has 1 aromatic rings. The highest BCUT2D eigenvalue weighted by atomic mass is 35.5. The lowest BCUT2D eigenvalue weighted by atomic mass is 10.3. The van der Waals surface area contributed by atoms with Crippen LogP contribution in [0.25, 0.3) is 0 Å². The van der Waals surface area contributed by atoms with Crippen molar-refractivity contribution >= 4 is 11.6 Å². The number of hydrogen-bond donors (Lipinski definition) is 0. The molecule has 12 heavy (non-hydrogen) atoms. The molecule has 0 unspecified atom stereocenters. The number of hydrogen-bond acceptors (Lipinski definition) is 3. The Morgan fingerprint density at radius 2 is 2.17 bits per heavy atom. The summed E-state index contributed by atoms with van der Waals surface area (Å²) in [4.78, 5) is 3.87. The Labute approximate surface area is 75.3 Å². The Morgan fingerprint density at radius 3 is 2.83 bits per heavy atom. The van der Waals surface area contributed by atoms with Gasteiger partial charge in [-0.1, -0.05) is 11.6 Å². The van der Waals surface area contributed by atoms with Crippen molar-refractivity contribution in [3.8, 4) is 0 Å². The number of nitrogens with zero attached hydrogens (tertiary/aromatic N) is 1. The van der Waals surface area contributed by atoms with Crippen LogP contribution in [-0.4, -0.2) is 18.2 Å². The summed E-state index contributed by atoms with van der Waals surface area (Å²) in [7, 11) is 0. The van der Waals surface area contributed by atoms with Crippen molar-refractivity contribution in [1.82, 2.24) is 4.98 Å². The number of ether oxygens (including phenoxy) is 2. The summed E-state index contributed by atoms with van der Waals surface area (Å²) in [5.41, 5.74) is 0.924. The average Bonchev–Trinajstić information content (AvgIpc) is 2.56. The van der Waals surface area contributed by atoms with E-state index in [9.17, 15) is 0 Å². The Bertz CT molecular complexity index is 274. The first-order valence-corrected chi connectivity index (χ1v) is 4.09. The van der Waals surface area contributed by atoms with Crippen LogP contribution in [-0.2, 0) is 9.47 Å². The van der Waals surface area contributed by atoms with Crippen molar-refractivity contribution in [1.29, 1.82) is 0 Å². The SMILES string of the molecule is Clc1cc(C2OCCO2)ccn1. The van der Waals surface area contributed by atoms with Crippen LogP contribution < -0.4 is 0 Å². The quantitative estimate of drug-likeness (QED) is 0.625. The van der Waals surface area contributed by atoms with Crippen molar-refractivity contribution < 1.29 is 9.47 Å². The zero-order chi connectivity index (χ0) is 8.39. The smallest absolute Gasteiger partial charge is 0.184 e. The molecule has 1 aliphatic rings. The van der Waals surface area contributed by atoms with Crippen molar-refractivity contribution in [2.24, 2.45) is 0 Å². The van der Waals surface area contributed by atoms with Crippen molar-refractivity contribution in [2.45, 2.75) is 6.29 Å². The molecule has 0 spiro atoms. The predicted octanol–water partition coefficient (Wildman–Crippen LogP) is 1.78. The molecule has 1 aromatic heterocycles. The van der Waals surface area contributed by atoms with E-state index in [1.165, 1.54) is 0 Å². The van der Waals surface area contributed by atoms with Gasteiger partial charge >= 0.3 is 0 Å². The molecule has 1 fully saturated rings. The third-order valence-corrected chi connectivity index (χ3v) is 1.85. The van der Waals surface area contributed by atoms with Crippen LogP contribution in [0.4, 0.5) is 0 Å². The summed E-state index contributed by atoms with van der Waals surface area (Å²) in [5.74, 6) is 0. The zero-order valence-corrected chi connectivity index (χ0v) is 7.12. The Hall–Kier alpha value is -0.640. The summed E-state index contributed by atoms with van der Waals surface area (Å²) >= 11 is 5.70. The van der Waals surface area contributed by atoms with Gasteiger partial charge in [-0.15, -0.1) is 0 Å². The lowest BCUT2D eigenvalue weighted by Gasteiger charge is -2.08. The van der Waals surface area contributed by atoms with Gasteiger partial charge in [-0.3, -0.25) is 0 Å². The summed E-state index contributed by atoms with van der Waals surface area (Å²) in [6.45, 7) is 1.29. The molecular weight excluding hydrogens is 178 g/mol. The lowest BCUT2D eigenvalue weighted by molar-refractivity contribution is -0.0441. The summed E-state index contributed by atoms with van der Waals surface area (Å²) in [6.07, 6.45) is 1.38. The highest BCUT2D eigenvalue weighted by molar-refractivity contribution is 6.29. The van der Waals surface area contributed by atoms with Gasteiger partial charge in [0.2, 0.25) is 0 Å². The first kappa shape index (κ1) is 7.98. The maximum Gasteiger partial charge on any atom is 0.184 e. The summed E-state index contributed by atoms with van der Waals surface area (Å²) in [6, 6.07) is 3.58. The molecule has 0 bridgehead atoms. The van der Waals surface area contributed by atoms with Crippen LogP contribution >= 0.6 is 11.6 Å². The molecule has 64 valence electrons. The molecule has 0 amide bonds. The molecule has 4 heteroatoms. The van der Waals surface area contributed by atoms with Gasteiger partial charge < -0.3 is 9.47 Å². The molecule has 0 radical (unpaired) electrons. The van der Waals surface area contributed by atoms with E-state index in [4.69, 9.17) is 21.1 Å². The molecule has 3 nitrogen and oxygen atoms in total. The van der Waals surface area contributed by atoms with Gasteiger partial charge in [0, 0.05) is 11.8 Å². The summed E-state index contributed by atoms with van der Waals surface area (Å²) < 4.78 is 10.6. The van der Waals surface area contributed by atoms with Crippen molar-refractivity contribution in [3.05, 3.63) is 29.0 Å². The van der Waals surface area contributed by atoms with Crippen LogP contribution in [0.1, 0.15) is 11.9 Å². The zero-order valence-electron chi connectivity index (χ0n) is 6.37. The second-order valence-corrected chi connectivity index (χ2v) is 2.87. The predicted molar refractivity (Wildman–Crippen MR) is 43.9 cm³/mol. The van der Waals surface area contributed by atoms with E-state index in [1.807, 2.05) is 6.07 Å². The second kappa shape index (κ2) is 3.39. The molecule has 2 heterocycles. The van der Waals surface area contributed by atoms with Crippen LogP contribution in [0.3, 0.4) is 0 Å². The van der Waals surface area contributed by atoms with Crippen LogP contribution in [0.5, 0.6) is 0 Å². The molecule has 0 saturated carbocycles. The van der Waals surface area contributed by atoms with Gasteiger partial charge in [-0.25, -0.2) is 4.98 Å². The van der Waals surface area contributed by atoms with E-state index >= 15 is 0 Å². The Morgan fingerprint density at radius 1 is 1.42 bits per heavy atom. The maximum atomic E-state index is 5.70. The van der Waals surface area contributed by atoms with E-state index in [0.29, 0.717) is 18.4 Å². The van der Waals surface area contributed by atoms with Crippen LogP contribution in [0.15, 0.2) is 18.3 Å². The molecule has 1 aliphatic heterocycles. The molecule has 0 N–H and O–H groups in total. The van der Waals surface area contributed by atoms with E-state index in [-0.39, 0.29) is 6.29 Å². The molecule has 1 saturated heterocycles. The van der Waals surface area contributed by atoms with Gasteiger partial charge in [-0.05, 0) is 12.1 Å². The van der Waals surface area contributed by atoms with Gasteiger partial charge in [0.05, 0.1) is 13.2 Å². The third-order valence-electron chi connectivity index (χ3n) is 1.64. The monoisotopic (exact) mass is 185 g/mol. The average molecular weight is 186 g/mol. The Balaban J connectivity index is 2.21. The standard InChI is InChI=1S/C8H8ClNO2/c9-7-5-6(1-2-10-7)8-11-3-4-12-8/h1-2,5,8H,3-4H2. The van der Waals surface area contributed by atoms with E-state index in [1.54, 1.807) is 12.3 Å². The molecule has 0 aromatic carbocycles. The molecule has 2 rings (SSSR count). The fraction of sp³-hybridized carbons (Fsp3) is 0.375. The largest absolute Gasteiger partial charge is 0.346 e. The normalized spacial score (nSPS) is 18.4. The van der Waals surface area contributed by atoms with E-state index < -0.39 is 0 Å². The first-order valence-electron chi connectivity index (χ1n) is 3.71. The Kier molecular flexibility index (Phi) is 2.26. The number of aromatic nitrogens is 1. The first-order chi connectivity index (χ1) is 5.86. The van der Waals surface area contributed by atoms with Gasteiger partial charge in [-0.2, -0.15) is 0 Å². The van der Waals surface area contributed by atoms with E-state index in [0.717, 1.165) is 5.56 Å². The highest BCUT2D eigenvalue weighted by Crippen LogP contribution is 2.23. The molecular formula is C8H8ClNO2. The highest BCUT2D eigenvalue weighted by Gasteiger charge is 2.18. The van der Waals surface area contributed by atoms with Crippen molar-refractivity contribution in [3.63, 3.8) is 0 Å². The fourth-order valence-electron chi connectivity index (χ4n) is 1.11. The topological polar surface area (TPSA) is 31.4 Å². The lowest BCUT2D eigenvalue weighted by Crippen LogP contribution is -1.97. The van der Waals surface area contributed by atoms with Gasteiger partial charge in [0.25, 0.3) is 0 Å².